The third-order valence-electron chi connectivity index (χ3n) is 4.47. The van der Waals surface area contributed by atoms with Gasteiger partial charge in [0, 0.05) is 24.4 Å². The first kappa shape index (κ1) is 20.9. The van der Waals surface area contributed by atoms with Crippen molar-refractivity contribution in [3.05, 3.63) is 73.0 Å². The molecule has 0 bridgehead atoms. The molecule has 0 radical (unpaired) electrons. The summed E-state index contributed by atoms with van der Waals surface area (Å²) in [6.45, 7) is -0.602. The Morgan fingerprint density at radius 3 is 2.57 bits per heavy atom. The SMILES string of the molecule is N#C[C@@]1(n2ccc(=O)[nH]c2=O)O[C@H](COC(=O)c2ccc([N+](=O)[O-])cc2)[C@@H](O)[C@H]1O. The molecule has 2 heterocycles. The summed E-state index contributed by atoms with van der Waals surface area (Å²) >= 11 is 0. The van der Waals surface area contributed by atoms with Crippen molar-refractivity contribution in [3.8, 4) is 6.07 Å². The molecular weight excluding hydrogens is 404 g/mol. The van der Waals surface area contributed by atoms with E-state index in [0.717, 1.165) is 24.4 Å². The van der Waals surface area contributed by atoms with E-state index in [-0.39, 0.29) is 11.3 Å². The molecule has 1 aliphatic rings. The number of aliphatic hydroxyl groups is 2. The smallest absolute Gasteiger partial charge is 0.338 e. The summed E-state index contributed by atoms with van der Waals surface area (Å²) < 4.78 is 11.0. The number of nitro benzene ring substituents is 1. The fraction of sp³-hybridized carbons (Fsp3) is 0.294. The van der Waals surface area contributed by atoms with E-state index >= 15 is 0 Å². The average molecular weight is 418 g/mol. The lowest BCUT2D eigenvalue weighted by atomic mass is 10.0. The minimum atomic E-state index is -2.37. The quantitative estimate of drug-likeness (QED) is 0.295. The summed E-state index contributed by atoms with van der Waals surface area (Å²) in [4.78, 5) is 47.3. The molecule has 1 aromatic heterocycles. The Hall–Kier alpha value is -3.86. The summed E-state index contributed by atoms with van der Waals surface area (Å²) in [5.41, 5.74) is -4.42. The maximum atomic E-state index is 12.1. The summed E-state index contributed by atoms with van der Waals surface area (Å²) in [6, 6.07) is 7.06. The molecule has 3 N–H and O–H groups in total. The van der Waals surface area contributed by atoms with Gasteiger partial charge in [-0.3, -0.25) is 24.5 Å². The molecule has 0 unspecified atom stereocenters. The number of hydrogen-bond donors (Lipinski definition) is 3. The number of ether oxygens (including phenoxy) is 2. The van der Waals surface area contributed by atoms with Crippen molar-refractivity contribution in [2.24, 2.45) is 0 Å². The molecule has 1 saturated heterocycles. The number of non-ortho nitro benzene ring substituents is 1. The highest BCUT2D eigenvalue weighted by Gasteiger charge is 2.57. The van der Waals surface area contributed by atoms with Crippen LogP contribution in [0.3, 0.4) is 0 Å². The average Bonchev–Trinajstić information content (AvgIpc) is 2.97. The second-order valence-corrected chi connectivity index (χ2v) is 6.28. The number of nitrogens with one attached hydrogen (secondary N) is 1. The highest BCUT2D eigenvalue weighted by atomic mass is 16.6. The van der Waals surface area contributed by atoms with E-state index in [9.17, 15) is 40.0 Å². The molecule has 3 rings (SSSR count). The minimum absolute atomic E-state index is 0.0166. The van der Waals surface area contributed by atoms with Crippen molar-refractivity contribution in [3.63, 3.8) is 0 Å². The van der Waals surface area contributed by atoms with Gasteiger partial charge < -0.3 is 19.7 Å². The number of esters is 1. The Kier molecular flexibility index (Phi) is 5.47. The molecule has 13 nitrogen and oxygen atoms in total. The normalized spacial score (nSPS) is 25.4. The first-order chi connectivity index (χ1) is 14.2. The zero-order valence-corrected chi connectivity index (χ0v) is 15.0. The topological polar surface area (TPSA) is 198 Å². The van der Waals surface area contributed by atoms with Crippen LogP contribution in [0.4, 0.5) is 5.69 Å². The Morgan fingerprint density at radius 1 is 1.33 bits per heavy atom. The number of nitro groups is 1. The van der Waals surface area contributed by atoms with Gasteiger partial charge in [0.2, 0.25) is 0 Å². The Labute approximate surface area is 166 Å². The van der Waals surface area contributed by atoms with Crippen LogP contribution in [-0.2, 0) is 15.2 Å². The molecule has 13 heteroatoms. The molecular formula is C17H14N4O9. The number of rotatable bonds is 5. The zero-order valence-electron chi connectivity index (χ0n) is 15.0. The van der Waals surface area contributed by atoms with E-state index in [1.165, 1.54) is 12.1 Å². The number of carbonyl (C=O) groups is 1. The van der Waals surface area contributed by atoms with Gasteiger partial charge in [0.25, 0.3) is 17.0 Å². The summed E-state index contributed by atoms with van der Waals surface area (Å²) in [5, 5.41) is 40.8. The van der Waals surface area contributed by atoms with E-state index in [2.05, 4.69) is 0 Å². The Bertz CT molecular complexity index is 1130. The molecule has 0 amide bonds. The fourth-order valence-electron chi connectivity index (χ4n) is 2.92. The number of H-pyrrole nitrogens is 1. The molecule has 1 fully saturated rings. The van der Waals surface area contributed by atoms with Crippen LogP contribution >= 0.6 is 0 Å². The van der Waals surface area contributed by atoms with Crippen molar-refractivity contribution < 1.29 is 29.4 Å². The summed E-state index contributed by atoms with van der Waals surface area (Å²) in [5.74, 6) is -0.897. The van der Waals surface area contributed by atoms with Gasteiger partial charge in [0.05, 0.1) is 10.5 Å². The standard InChI is InChI=1S/C17H14N4O9/c18-8-17(20-6-5-12(22)19-16(20)26)14(24)13(23)11(30-17)7-29-15(25)9-1-3-10(4-2-9)21(27)28/h1-6,11,13-14,23-24H,7H2,(H,19,22,26)/t11-,13-,14-,17-/m1/s1. The Balaban J connectivity index is 1.77. The van der Waals surface area contributed by atoms with Crippen LogP contribution in [-0.4, -0.2) is 55.6 Å². The summed E-state index contributed by atoms with van der Waals surface area (Å²) in [7, 11) is 0. The van der Waals surface area contributed by atoms with Crippen LogP contribution in [0.5, 0.6) is 0 Å². The highest BCUT2D eigenvalue weighted by Crippen LogP contribution is 2.34. The zero-order chi connectivity index (χ0) is 22.1. The molecule has 2 aromatic rings. The van der Waals surface area contributed by atoms with Gasteiger partial charge in [0.1, 0.15) is 31.0 Å². The first-order valence-electron chi connectivity index (χ1n) is 8.39. The third-order valence-corrected chi connectivity index (χ3v) is 4.47. The van der Waals surface area contributed by atoms with Gasteiger partial charge in [-0.05, 0) is 12.1 Å². The van der Waals surface area contributed by atoms with E-state index in [0.29, 0.717) is 4.57 Å². The molecule has 30 heavy (non-hydrogen) atoms. The molecule has 156 valence electrons. The number of aliphatic hydroxyl groups excluding tert-OH is 2. The number of nitriles is 1. The number of carbonyl (C=O) groups excluding carboxylic acids is 1. The minimum Gasteiger partial charge on any atom is -0.459 e. The largest absolute Gasteiger partial charge is 0.459 e. The predicted octanol–water partition coefficient (Wildman–Crippen LogP) is -1.40. The van der Waals surface area contributed by atoms with E-state index < -0.39 is 52.8 Å². The van der Waals surface area contributed by atoms with Crippen molar-refractivity contribution in [1.29, 1.82) is 5.26 Å². The van der Waals surface area contributed by atoms with E-state index in [1.54, 1.807) is 6.07 Å². The molecule has 0 spiro atoms. The van der Waals surface area contributed by atoms with E-state index in [1.807, 2.05) is 4.98 Å². The van der Waals surface area contributed by atoms with Crippen molar-refractivity contribution in [2.75, 3.05) is 6.61 Å². The van der Waals surface area contributed by atoms with Crippen LogP contribution in [0.2, 0.25) is 0 Å². The van der Waals surface area contributed by atoms with Crippen LogP contribution < -0.4 is 11.2 Å². The van der Waals surface area contributed by atoms with Gasteiger partial charge in [-0.1, -0.05) is 0 Å². The maximum absolute atomic E-state index is 12.1. The van der Waals surface area contributed by atoms with Crippen molar-refractivity contribution >= 4 is 11.7 Å². The lowest BCUT2D eigenvalue weighted by molar-refractivity contribution is -0.384. The van der Waals surface area contributed by atoms with E-state index in [4.69, 9.17) is 9.47 Å². The van der Waals surface area contributed by atoms with Gasteiger partial charge in [-0.2, -0.15) is 5.26 Å². The Morgan fingerprint density at radius 2 is 2.00 bits per heavy atom. The van der Waals surface area contributed by atoms with Gasteiger partial charge in [-0.15, -0.1) is 0 Å². The maximum Gasteiger partial charge on any atom is 0.338 e. The van der Waals surface area contributed by atoms with Crippen LogP contribution in [0.15, 0.2) is 46.1 Å². The predicted molar refractivity (Wildman–Crippen MR) is 95.2 cm³/mol. The van der Waals surface area contributed by atoms with Crippen molar-refractivity contribution in [2.45, 2.75) is 24.0 Å². The third kappa shape index (κ3) is 3.57. The molecule has 0 aliphatic carbocycles. The number of aromatic nitrogens is 2. The van der Waals surface area contributed by atoms with Gasteiger partial charge >= 0.3 is 11.7 Å². The molecule has 4 atom stereocenters. The number of benzene rings is 1. The van der Waals surface area contributed by atoms with Crippen LogP contribution in [0, 0.1) is 21.4 Å². The second-order valence-electron chi connectivity index (χ2n) is 6.28. The van der Waals surface area contributed by atoms with Gasteiger partial charge in [0.15, 0.2) is 0 Å². The lowest BCUT2D eigenvalue weighted by Gasteiger charge is -2.26. The van der Waals surface area contributed by atoms with Crippen LogP contribution in [0.1, 0.15) is 10.4 Å². The summed E-state index contributed by atoms with van der Waals surface area (Å²) in [6.07, 6.45) is -4.09. The molecule has 1 aliphatic heterocycles. The monoisotopic (exact) mass is 418 g/mol. The molecule has 0 saturated carbocycles. The van der Waals surface area contributed by atoms with Gasteiger partial charge in [-0.25, -0.2) is 9.59 Å². The number of aromatic amines is 1. The second kappa shape index (κ2) is 7.87. The first-order valence-corrected chi connectivity index (χ1v) is 8.39. The number of hydrogen-bond acceptors (Lipinski definition) is 10. The highest BCUT2D eigenvalue weighted by molar-refractivity contribution is 5.89. The lowest BCUT2D eigenvalue weighted by Crippen LogP contribution is -2.50. The molecule has 1 aromatic carbocycles. The van der Waals surface area contributed by atoms with Crippen molar-refractivity contribution in [1.82, 2.24) is 9.55 Å². The number of nitrogens with zero attached hydrogens (tertiary/aromatic N) is 3. The van der Waals surface area contributed by atoms with Crippen LogP contribution in [0.25, 0.3) is 0 Å². The fourth-order valence-corrected chi connectivity index (χ4v) is 2.92.